The maximum atomic E-state index is 6.04. The van der Waals surface area contributed by atoms with E-state index in [1.165, 1.54) is 10.9 Å². The number of thioether (sulfide) groups is 1. The minimum atomic E-state index is 0.603. The van der Waals surface area contributed by atoms with Gasteiger partial charge in [-0.2, -0.15) is 0 Å². The van der Waals surface area contributed by atoms with E-state index in [2.05, 4.69) is 29.2 Å². The van der Waals surface area contributed by atoms with Gasteiger partial charge in [-0.05, 0) is 29.8 Å². The van der Waals surface area contributed by atoms with E-state index >= 15 is 0 Å². The van der Waals surface area contributed by atoms with Crippen LogP contribution in [0.1, 0.15) is 5.56 Å². The smallest absolute Gasteiger partial charge is 0.0742 e. The summed E-state index contributed by atoms with van der Waals surface area (Å²) in [7, 11) is 0. The van der Waals surface area contributed by atoms with Gasteiger partial charge in [0, 0.05) is 22.2 Å². The molecule has 0 spiro atoms. The molecule has 0 saturated carbocycles. The van der Waals surface area contributed by atoms with Crippen molar-refractivity contribution >= 4 is 40.0 Å². The Labute approximate surface area is 127 Å². The summed E-state index contributed by atoms with van der Waals surface area (Å²) in [4.78, 5) is 5.57. The summed E-state index contributed by atoms with van der Waals surface area (Å²) in [5.74, 6) is 0.856. The average molecular weight is 301 g/mol. The molecule has 100 valence electrons. The van der Waals surface area contributed by atoms with Crippen molar-refractivity contribution < 1.29 is 0 Å². The molecular formula is C16H13ClN2S. The molecule has 0 aliphatic heterocycles. The molecule has 20 heavy (non-hydrogen) atoms. The number of hydrogen-bond acceptors (Lipinski definition) is 3. The van der Waals surface area contributed by atoms with Crippen molar-refractivity contribution in [1.29, 1.82) is 0 Å². The zero-order chi connectivity index (χ0) is 13.9. The number of nitrogens with two attached hydrogens (primary N) is 1. The second-order valence-electron chi connectivity index (χ2n) is 4.46. The molecule has 0 unspecified atom stereocenters. The molecule has 1 heterocycles. The Kier molecular flexibility index (Phi) is 3.81. The van der Waals surface area contributed by atoms with Crippen LogP contribution < -0.4 is 5.73 Å². The van der Waals surface area contributed by atoms with E-state index in [0.717, 1.165) is 16.2 Å². The molecule has 2 nitrogen and oxygen atoms in total. The molecule has 3 rings (SSSR count). The predicted molar refractivity (Wildman–Crippen MR) is 87.2 cm³/mol. The summed E-state index contributed by atoms with van der Waals surface area (Å²) in [5, 5.41) is 1.77. The third-order valence-electron chi connectivity index (χ3n) is 3.08. The molecule has 4 heteroatoms. The van der Waals surface area contributed by atoms with Gasteiger partial charge >= 0.3 is 0 Å². The summed E-state index contributed by atoms with van der Waals surface area (Å²) >= 11 is 7.77. The van der Waals surface area contributed by atoms with Gasteiger partial charge in [0.25, 0.3) is 0 Å². The van der Waals surface area contributed by atoms with Crippen LogP contribution in [0.3, 0.4) is 0 Å². The van der Waals surface area contributed by atoms with Gasteiger partial charge in [0.15, 0.2) is 0 Å². The Balaban J connectivity index is 1.85. The molecule has 0 bridgehead atoms. The number of nitrogens with zero attached hydrogens (tertiary/aromatic N) is 1. The van der Waals surface area contributed by atoms with Gasteiger partial charge < -0.3 is 5.73 Å². The topological polar surface area (TPSA) is 38.9 Å². The zero-order valence-electron chi connectivity index (χ0n) is 10.7. The average Bonchev–Trinajstić information content (AvgIpc) is 2.48. The number of anilines is 1. The first-order valence-corrected chi connectivity index (χ1v) is 7.61. The third-order valence-corrected chi connectivity index (χ3v) is 4.45. The van der Waals surface area contributed by atoms with E-state index in [4.69, 9.17) is 17.3 Å². The highest BCUT2D eigenvalue weighted by molar-refractivity contribution is 7.98. The van der Waals surface area contributed by atoms with Crippen molar-refractivity contribution in [3.05, 3.63) is 65.3 Å². The van der Waals surface area contributed by atoms with E-state index in [-0.39, 0.29) is 0 Å². The van der Waals surface area contributed by atoms with Gasteiger partial charge in [0.1, 0.15) is 0 Å². The number of aromatic nitrogens is 1. The summed E-state index contributed by atoms with van der Waals surface area (Å²) in [6.07, 6.45) is 1.83. The monoisotopic (exact) mass is 300 g/mol. The number of fused-ring (bicyclic) bond motifs is 1. The number of halogens is 1. The maximum absolute atomic E-state index is 6.04. The Hall–Kier alpha value is -1.71. The Morgan fingerprint density at radius 3 is 2.80 bits per heavy atom. The Morgan fingerprint density at radius 1 is 1.10 bits per heavy atom. The van der Waals surface area contributed by atoms with Crippen molar-refractivity contribution in [1.82, 2.24) is 4.98 Å². The van der Waals surface area contributed by atoms with Crippen LogP contribution in [0.4, 0.5) is 5.69 Å². The van der Waals surface area contributed by atoms with Gasteiger partial charge in [-0.1, -0.05) is 35.9 Å². The molecule has 0 radical (unpaired) electrons. The van der Waals surface area contributed by atoms with Crippen molar-refractivity contribution in [2.45, 2.75) is 10.6 Å². The molecule has 0 aliphatic rings. The van der Waals surface area contributed by atoms with Crippen LogP contribution in [0.5, 0.6) is 0 Å². The number of pyridine rings is 1. The van der Waals surface area contributed by atoms with Crippen molar-refractivity contribution in [3.63, 3.8) is 0 Å². The first kappa shape index (κ1) is 13.3. The second-order valence-corrected chi connectivity index (χ2v) is 5.92. The second kappa shape index (κ2) is 5.73. The van der Waals surface area contributed by atoms with Gasteiger partial charge in [0.2, 0.25) is 0 Å². The number of benzene rings is 2. The van der Waals surface area contributed by atoms with Gasteiger partial charge in [-0.15, -0.1) is 11.8 Å². The van der Waals surface area contributed by atoms with Crippen molar-refractivity contribution in [2.24, 2.45) is 0 Å². The molecule has 1 aromatic heterocycles. The largest absolute Gasteiger partial charge is 0.398 e. The van der Waals surface area contributed by atoms with Gasteiger partial charge in [0.05, 0.1) is 16.2 Å². The van der Waals surface area contributed by atoms with Crippen LogP contribution in [-0.4, -0.2) is 4.98 Å². The molecule has 0 amide bonds. The summed E-state index contributed by atoms with van der Waals surface area (Å²) in [6.45, 7) is 0. The Bertz CT molecular complexity index is 753. The number of para-hydroxylation sites is 1. The zero-order valence-corrected chi connectivity index (χ0v) is 12.3. The molecule has 2 aromatic carbocycles. The maximum Gasteiger partial charge on any atom is 0.0742 e. The van der Waals surface area contributed by atoms with Crippen LogP contribution in [-0.2, 0) is 5.75 Å². The van der Waals surface area contributed by atoms with Crippen molar-refractivity contribution in [2.75, 3.05) is 5.73 Å². The molecule has 0 aliphatic carbocycles. The standard InChI is InChI=1S/C16H13ClN2S/c17-14-9-13(6-7-15(14)18)20-10-12-4-1-3-11-5-2-8-19-16(11)12/h1-9H,10,18H2. The van der Waals surface area contributed by atoms with E-state index < -0.39 is 0 Å². The van der Waals surface area contributed by atoms with E-state index in [1.807, 2.05) is 30.5 Å². The number of nitrogen functional groups attached to an aromatic ring is 1. The summed E-state index contributed by atoms with van der Waals surface area (Å²) < 4.78 is 0. The quantitative estimate of drug-likeness (QED) is 0.560. The third kappa shape index (κ3) is 2.74. The SMILES string of the molecule is Nc1ccc(SCc2cccc3cccnc23)cc1Cl. The van der Waals surface area contributed by atoms with Crippen LogP contribution >= 0.6 is 23.4 Å². The minimum absolute atomic E-state index is 0.603. The predicted octanol–water partition coefficient (Wildman–Crippen LogP) is 4.76. The lowest BCUT2D eigenvalue weighted by Gasteiger charge is -2.06. The molecule has 2 N–H and O–H groups in total. The highest BCUT2D eigenvalue weighted by atomic mass is 35.5. The van der Waals surface area contributed by atoms with E-state index in [0.29, 0.717) is 10.7 Å². The molecule has 0 fully saturated rings. The fourth-order valence-corrected chi connectivity index (χ4v) is 3.21. The lowest BCUT2D eigenvalue weighted by Crippen LogP contribution is -1.88. The fourth-order valence-electron chi connectivity index (χ4n) is 2.04. The van der Waals surface area contributed by atoms with E-state index in [9.17, 15) is 0 Å². The minimum Gasteiger partial charge on any atom is -0.398 e. The normalized spacial score (nSPS) is 10.8. The number of rotatable bonds is 3. The lowest BCUT2D eigenvalue weighted by molar-refractivity contribution is 1.34. The summed E-state index contributed by atoms with van der Waals surface area (Å²) in [6, 6.07) is 16.0. The Morgan fingerprint density at radius 2 is 1.95 bits per heavy atom. The summed E-state index contributed by atoms with van der Waals surface area (Å²) in [5.41, 5.74) is 8.62. The fraction of sp³-hybridized carbons (Fsp3) is 0.0625. The van der Waals surface area contributed by atoms with Crippen LogP contribution in [0.2, 0.25) is 5.02 Å². The molecular weight excluding hydrogens is 288 g/mol. The van der Waals surface area contributed by atoms with Crippen LogP contribution in [0.25, 0.3) is 10.9 Å². The van der Waals surface area contributed by atoms with Crippen LogP contribution in [0.15, 0.2) is 59.6 Å². The van der Waals surface area contributed by atoms with Crippen LogP contribution in [0, 0.1) is 0 Å². The van der Waals surface area contributed by atoms with E-state index in [1.54, 1.807) is 11.8 Å². The number of hydrogen-bond donors (Lipinski definition) is 1. The highest BCUT2D eigenvalue weighted by Gasteiger charge is 2.04. The first-order valence-electron chi connectivity index (χ1n) is 6.24. The molecule has 0 saturated heterocycles. The van der Waals surface area contributed by atoms with Crippen molar-refractivity contribution in [3.8, 4) is 0 Å². The molecule has 3 aromatic rings. The lowest BCUT2D eigenvalue weighted by atomic mass is 10.1. The first-order chi connectivity index (χ1) is 9.74. The highest BCUT2D eigenvalue weighted by Crippen LogP contribution is 2.30. The van der Waals surface area contributed by atoms with Gasteiger partial charge in [-0.25, -0.2) is 0 Å². The van der Waals surface area contributed by atoms with Gasteiger partial charge in [-0.3, -0.25) is 4.98 Å². The molecule has 0 atom stereocenters.